The highest BCUT2D eigenvalue weighted by atomic mass is 16.1. The third kappa shape index (κ3) is 6.56. The van der Waals surface area contributed by atoms with E-state index in [1.54, 1.807) is 7.05 Å². The molecule has 0 aliphatic rings. The molecular weight excluding hydrogens is 294 g/mol. The van der Waals surface area contributed by atoms with Crippen LogP contribution in [0.15, 0.2) is 30.5 Å². The standard InChI is InChI=1S/C12H12N4O.C2H5NO.C2H6/c1-7-2-4-8(5-3-7)9-6-15-11(13)10(16-9)12(14)17;1-3-2-4;1-2/h2-6H,1H3,(H2,13,15)(H2,14,17);2H,1H3,(H,3,4);1-2H3. The van der Waals surface area contributed by atoms with Gasteiger partial charge in [-0.2, -0.15) is 0 Å². The van der Waals surface area contributed by atoms with Crippen LogP contribution < -0.4 is 16.8 Å². The molecule has 0 saturated heterocycles. The van der Waals surface area contributed by atoms with Crippen molar-refractivity contribution < 1.29 is 9.59 Å². The second-order valence-electron chi connectivity index (χ2n) is 4.13. The molecule has 23 heavy (non-hydrogen) atoms. The maximum Gasteiger partial charge on any atom is 0.271 e. The van der Waals surface area contributed by atoms with Crippen LogP contribution in [0.1, 0.15) is 29.9 Å². The molecule has 1 aromatic carbocycles. The van der Waals surface area contributed by atoms with E-state index in [9.17, 15) is 4.79 Å². The summed E-state index contributed by atoms with van der Waals surface area (Å²) in [7, 11) is 1.56. The number of hydrogen-bond donors (Lipinski definition) is 3. The Hall–Kier alpha value is -2.96. The van der Waals surface area contributed by atoms with Gasteiger partial charge in [-0.1, -0.05) is 43.7 Å². The molecule has 0 atom stereocenters. The number of carbonyl (C=O) groups is 2. The Balaban J connectivity index is 0.000000705. The van der Waals surface area contributed by atoms with Crippen molar-refractivity contribution in [2.45, 2.75) is 20.8 Å². The molecule has 0 aliphatic heterocycles. The largest absolute Gasteiger partial charge is 0.382 e. The predicted molar refractivity (Wildman–Crippen MR) is 91.6 cm³/mol. The number of amides is 2. The number of nitrogen functional groups attached to an aromatic ring is 1. The second-order valence-corrected chi connectivity index (χ2v) is 4.13. The molecule has 1 heterocycles. The summed E-state index contributed by atoms with van der Waals surface area (Å²) in [5, 5.41) is 2.25. The number of nitrogens with one attached hydrogen (secondary N) is 1. The Morgan fingerprint density at radius 3 is 2.17 bits per heavy atom. The molecule has 0 aliphatic carbocycles. The number of nitrogens with two attached hydrogens (primary N) is 2. The number of aryl methyl sites for hydroxylation is 1. The van der Waals surface area contributed by atoms with Gasteiger partial charge in [0.25, 0.3) is 5.91 Å². The lowest BCUT2D eigenvalue weighted by molar-refractivity contribution is -0.109. The monoisotopic (exact) mass is 317 g/mol. The molecule has 0 fully saturated rings. The van der Waals surface area contributed by atoms with E-state index in [0.717, 1.165) is 11.1 Å². The minimum absolute atomic E-state index is 0.00285. The smallest absolute Gasteiger partial charge is 0.271 e. The maximum absolute atomic E-state index is 11.1. The molecule has 5 N–H and O–H groups in total. The van der Waals surface area contributed by atoms with E-state index in [0.29, 0.717) is 12.1 Å². The third-order valence-electron chi connectivity index (χ3n) is 2.50. The predicted octanol–water partition coefficient (Wildman–Crippen LogP) is 1.52. The number of carbonyl (C=O) groups excluding carboxylic acids is 2. The molecule has 124 valence electrons. The van der Waals surface area contributed by atoms with Gasteiger partial charge in [0.15, 0.2) is 11.5 Å². The number of aromatic nitrogens is 2. The summed E-state index contributed by atoms with van der Waals surface area (Å²) < 4.78 is 0. The lowest BCUT2D eigenvalue weighted by Gasteiger charge is -2.04. The number of hydrogen-bond acceptors (Lipinski definition) is 5. The third-order valence-corrected chi connectivity index (χ3v) is 2.50. The Morgan fingerprint density at radius 1 is 1.22 bits per heavy atom. The zero-order chi connectivity index (χ0) is 17.8. The van der Waals surface area contributed by atoms with Crippen LogP contribution in [0.25, 0.3) is 11.3 Å². The van der Waals surface area contributed by atoms with Crippen LogP contribution in [0, 0.1) is 6.92 Å². The zero-order valence-corrected chi connectivity index (χ0v) is 13.8. The lowest BCUT2D eigenvalue weighted by Crippen LogP contribution is -2.16. The van der Waals surface area contributed by atoms with E-state index in [1.807, 2.05) is 45.0 Å². The van der Waals surface area contributed by atoms with Crippen molar-refractivity contribution in [1.29, 1.82) is 0 Å². The fourth-order valence-electron chi connectivity index (χ4n) is 1.44. The first-order valence-corrected chi connectivity index (χ1v) is 7.09. The van der Waals surface area contributed by atoms with Gasteiger partial charge in [-0.15, -0.1) is 0 Å². The van der Waals surface area contributed by atoms with Crippen LogP contribution in [0.4, 0.5) is 5.82 Å². The lowest BCUT2D eigenvalue weighted by atomic mass is 10.1. The summed E-state index contributed by atoms with van der Waals surface area (Å²) in [6.45, 7) is 5.99. The van der Waals surface area contributed by atoms with Crippen molar-refractivity contribution in [3.05, 3.63) is 41.7 Å². The summed E-state index contributed by atoms with van der Waals surface area (Å²) in [5.74, 6) is -0.627. The number of rotatable bonds is 3. The van der Waals surface area contributed by atoms with Crippen molar-refractivity contribution in [2.75, 3.05) is 12.8 Å². The first-order valence-electron chi connectivity index (χ1n) is 7.09. The number of primary amides is 1. The molecule has 0 saturated carbocycles. The summed E-state index contributed by atoms with van der Waals surface area (Å²) in [6, 6.07) is 7.72. The average Bonchev–Trinajstić information content (AvgIpc) is 2.58. The van der Waals surface area contributed by atoms with Gasteiger partial charge in [-0.05, 0) is 6.92 Å². The quantitative estimate of drug-likeness (QED) is 0.740. The molecular formula is C16H23N5O2. The van der Waals surface area contributed by atoms with Crippen LogP contribution in [0.3, 0.4) is 0 Å². The SMILES string of the molecule is CC.CNC=O.Cc1ccc(-c2cnc(N)c(C(N)=O)n2)cc1. The van der Waals surface area contributed by atoms with Crippen molar-refractivity contribution in [1.82, 2.24) is 15.3 Å². The summed E-state index contributed by atoms with van der Waals surface area (Å²) >= 11 is 0. The van der Waals surface area contributed by atoms with E-state index in [4.69, 9.17) is 16.3 Å². The highest BCUT2D eigenvalue weighted by Crippen LogP contribution is 2.18. The van der Waals surface area contributed by atoms with Gasteiger partial charge in [0, 0.05) is 12.6 Å². The van der Waals surface area contributed by atoms with Gasteiger partial charge in [-0.3, -0.25) is 9.59 Å². The first kappa shape index (κ1) is 20.0. The molecule has 0 radical (unpaired) electrons. The van der Waals surface area contributed by atoms with Crippen LogP contribution in [-0.2, 0) is 4.79 Å². The minimum atomic E-state index is -0.677. The van der Waals surface area contributed by atoms with Gasteiger partial charge in [0.1, 0.15) is 0 Å². The number of anilines is 1. The van der Waals surface area contributed by atoms with Crippen molar-refractivity contribution in [3.8, 4) is 11.3 Å². The van der Waals surface area contributed by atoms with Gasteiger partial charge < -0.3 is 16.8 Å². The van der Waals surface area contributed by atoms with Gasteiger partial charge >= 0.3 is 0 Å². The van der Waals surface area contributed by atoms with E-state index >= 15 is 0 Å². The molecule has 2 aromatic rings. The molecule has 0 unspecified atom stereocenters. The Kier molecular flexibility index (Phi) is 9.34. The fourth-order valence-corrected chi connectivity index (χ4v) is 1.44. The van der Waals surface area contributed by atoms with Gasteiger partial charge in [0.05, 0.1) is 11.9 Å². The van der Waals surface area contributed by atoms with Crippen molar-refractivity contribution in [2.24, 2.45) is 5.73 Å². The zero-order valence-electron chi connectivity index (χ0n) is 13.8. The molecule has 7 heteroatoms. The van der Waals surface area contributed by atoms with E-state index in [2.05, 4.69) is 15.3 Å². The minimum Gasteiger partial charge on any atom is -0.382 e. The van der Waals surface area contributed by atoms with Crippen LogP contribution in [-0.4, -0.2) is 29.3 Å². The van der Waals surface area contributed by atoms with Gasteiger partial charge in [0.2, 0.25) is 6.41 Å². The number of benzene rings is 1. The topological polar surface area (TPSA) is 124 Å². The van der Waals surface area contributed by atoms with E-state index < -0.39 is 5.91 Å². The molecule has 2 amide bonds. The average molecular weight is 317 g/mol. The Bertz CT molecular complexity index is 627. The van der Waals surface area contributed by atoms with Crippen molar-refractivity contribution >= 4 is 18.1 Å². The highest BCUT2D eigenvalue weighted by molar-refractivity contribution is 5.95. The van der Waals surface area contributed by atoms with E-state index in [-0.39, 0.29) is 11.5 Å². The maximum atomic E-state index is 11.1. The van der Waals surface area contributed by atoms with Crippen molar-refractivity contribution in [3.63, 3.8) is 0 Å². The van der Waals surface area contributed by atoms with Gasteiger partial charge in [-0.25, -0.2) is 9.97 Å². The fraction of sp³-hybridized carbons (Fsp3) is 0.250. The summed E-state index contributed by atoms with van der Waals surface area (Å²) in [4.78, 5) is 28.2. The molecule has 0 bridgehead atoms. The van der Waals surface area contributed by atoms with Crippen LogP contribution in [0.2, 0.25) is 0 Å². The molecule has 1 aromatic heterocycles. The Morgan fingerprint density at radius 2 is 1.74 bits per heavy atom. The molecule has 2 rings (SSSR count). The Labute approximate surface area is 136 Å². The highest BCUT2D eigenvalue weighted by Gasteiger charge is 2.10. The first-order chi connectivity index (χ1) is 11.0. The van der Waals surface area contributed by atoms with Crippen LogP contribution in [0.5, 0.6) is 0 Å². The van der Waals surface area contributed by atoms with E-state index in [1.165, 1.54) is 6.20 Å². The molecule has 0 spiro atoms. The second kappa shape index (κ2) is 10.7. The number of nitrogens with zero attached hydrogens (tertiary/aromatic N) is 2. The summed E-state index contributed by atoms with van der Waals surface area (Å²) in [5.41, 5.74) is 13.3. The van der Waals surface area contributed by atoms with Crippen LogP contribution >= 0.6 is 0 Å². The summed E-state index contributed by atoms with van der Waals surface area (Å²) in [6.07, 6.45) is 2.15. The molecule has 7 nitrogen and oxygen atoms in total. The normalized spacial score (nSPS) is 8.70.